The minimum Gasteiger partial charge on any atom is -0.361 e. The van der Waals surface area contributed by atoms with Crippen LogP contribution < -0.4 is 5.32 Å². The van der Waals surface area contributed by atoms with Crippen LogP contribution in [-0.4, -0.2) is 5.75 Å². The summed E-state index contributed by atoms with van der Waals surface area (Å²) in [6, 6.07) is 0. The van der Waals surface area contributed by atoms with Gasteiger partial charge in [0.15, 0.2) is 0 Å². The van der Waals surface area contributed by atoms with Crippen molar-refractivity contribution in [2.45, 2.75) is 6.42 Å². The number of fused-ring (bicyclic) bond motifs is 3. The normalized spacial score (nSPS) is 35.6. The Labute approximate surface area is 86.9 Å². The van der Waals surface area contributed by atoms with Crippen LogP contribution in [0.2, 0.25) is 0 Å². The minimum atomic E-state index is 0.670. The van der Waals surface area contributed by atoms with Crippen LogP contribution in [-0.2, 0) is 0 Å². The number of hydrogen-bond acceptors (Lipinski definition) is 2. The molecule has 0 spiro atoms. The van der Waals surface area contributed by atoms with E-state index in [-0.39, 0.29) is 0 Å². The van der Waals surface area contributed by atoms with Crippen molar-refractivity contribution in [1.82, 2.24) is 5.32 Å². The molecule has 2 atom stereocenters. The highest BCUT2D eigenvalue weighted by Crippen LogP contribution is 2.44. The molecule has 2 heterocycles. The van der Waals surface area contributed by atoms with Gasteiger partial charge in [-0.25, -0.2) is 0 Å². The summed E-state index contributed by atoms with van der Waals surface area (Å²) in [5.41, 5.74) is 2.73. The van der Waals surface area contributed by atoms with Crippen LogP contribution in [0.4, 0.5) is 0 Å². The summed E-state index contributed by atoms with van der Waals surface area (Å²) in [5.74, 6) is 2.62. The molecule has 0 saturated carbocycles. The number of thioether (sulfide) groups is 1. The molecular formula is C10H10ClNS. The fourth-order valence-electron chi connectivity index (χ4n) is 2.23. The molecule has 1 aliphatic carbocycles. The molecule has 0 aromatic carbocycles. The number of hydrogen-bond donors (Lipinski definition) is 1. The number of nitrogens with one attached hydrogen (secondary N) is 1. The molecule has 1 N–H and O–H groups in total. The average Bonchev–Trinajstić information content (AvgIpc) is 2.62. The van der Waals surface area contributed by atoms with E-state index in [1.807, 2.05) is 11.8 Å². The van der Waals surface area contributed by atoms with Crippen LogP contribution in [0.15, 0.2) is 34.0 Å². The maximum Gasteiger partial charge on any atom is 0.0383 e. The molecule has 2 unspecified atom stereocenters. The molecule has 3 heteroatoms. The van der Waals surface area contributed by atoms with Gasteiger partial charge < -0.3 is 5.32 Å². The first-order chi connectivity index (χ1) is 6.34. The van der Waals surface area contributed by atoms with Gasteiger partial charge in [0.1, 0.15) is 0 Å². The van der Waals surface area contributed by atoms with Crippen molar-refractivity contribution >= 4 is 23.4 Å². The topological polar surface area (TPSA) is 12.0 Å². The zero-order chi connectivity index (χ0) is 8.84. The lowest BCUT2D eigenvalue weighted by molar-refractivity contribution is 0.525. The minimum absolute atomic E-state index is 0.670. The predicted octanol–water partition coefficient (Wildman–Crippen LogP) is 2.82. The summed E-state index contributed by atoms with van der Waals surface area (Å²) in [6.45, 7) is 0. The molecule has 1 fully saturated rings. The smallest absolute Gasteiger partial charge is 0.0383 e. The van der Waals surface area contributed by atoms with Crippen LogP contribution in [0.25, 0.3) is 0 Å². The molecule has 2 aliphatic heterocycles. The summed E-state index contributed by atoms with van der Waals surface area (Å²) in [4.78, 5) is 0. The summed E-state index contributed by atoms with van der Waals surface area (Å²) in [7, 11) is 0. The monoisotopic (exact) mass is 211 g/mol. The maximum atomic E-state index is 5.96. The van der Waals surface area contributed by atoms with Crippen molar-refractivity contribution in [3.63, 3.8) is 0 Å². The molecule has 1 nitrogen and oxygen atoms in total. The van der Waals surface area contributed by atoms with Gasteiger partial charge in [0.2, 0.25) is 0 Å². The van der Waals surface area contributed by atoms with E-state index in [0.717, 1.165) is 17.4 Å². The van der Waals surface area contributed by atoms with Crippen molar-refractivity contribution in [2.75, 3.05) is 5.75 Å². The lowest BCUT2D eigenvalue weighted by Gasteiger charge is -2.17. The van der Waals surface area contributed by atoms with Gasteiger partial charge in [0.25, 0.3) is 0 Å². The van der Waals surface area contributed by atoms with Crippen LogP contribution in [0.3, 0.4) is 0 Å². The highest BCUT2D eigenvalue weighted by molar-refractivity contribution is 8.02. The van der Waals surface area contributed by atoms with E-state index in [9.17, 15) is 0 Å². The third-order valence-corrected chi connectivity index (χ3v) is 4.16. The molecule has 3 rings (SSSR count). The Morgan fingerprint density at radius 1 is 1.38 bits per heavy atom. The largest absolute Gasteiger partial charge is 0.361 e. The average molecular weight is 212 g/mol. The second kappa shape index (κ2) is 2.82. The lowest BCUT2D eigenvalue weighted by Crippen LogP contribution is -2.12. The van der Waals surface area contributed by atoms with Gasteiger partial charge in [-0.05, 0) is 17.9 Å². The van der Waals surface area contributed by atoms with Gasteiger partial charge in [0, 0.05) is 34.0 Å². The van der Waals surface area contributed by atoms with Gasteiger partial charge in [-0.15, -0.1) is 11.8 Å². The van der Waals surface area contributed by atoms with E-state index in [1.165, 1.54) is 17.1 Å². The zero-order valence-corrected chi connectivity index (χ0v) is 8.66. The standard InChI is InChI=1S/C10H10ClNS/c11-6-1-2-7-8-4-13-5-10(8)12-9(7)3-6/h1,3,5,7-8,12H,2,4H2. The summed E-state index contributed by atoms with van der Waals surface area (Å²) < 4.78 is 0. The molecule has 3 aliphatic rings. The quantitative estimate of drug-likeness (QED) is 0.662. The van der Waals surface area contributed by atoms with Crippen LogP contribution in [0, 0.1) is 11.8 Å². The fourth-order valence-corrected chi connectivity index (χ4v) is 3.57. The highest BCUT2D eigenvalue weighted by Gasteiger charge is 2.38. The summed E-state index contributed by atoms with van der Waals surface area (Å²) in [5, 5.41) is 6.59. The number of halogens is 1. The van der Waals surface area contributed by atoms with E-state index in [2.05, 4.69) is 22.9 Å². The van der Waals surface area contributed by atoms with E-state index in [1.54, 1.807) is 0 Å². The van der Waals surface area contributed by atoms with E-state index < -0.39 is 0 Å². The molecule has 0 aromatic heterocycles. The first kappa shape index (κ1) is 8.01. The molecule has 0 bridgehead atoms. The first-order valence-electron chi connectivity index (χ1n) is 4.50. The van der Waals surface area contributed by atoms with Gasteiger partial charge in [-0.3, -0.25) is 0 Å². The van der Waals surface area contributed by atoms with Crippen LogP contribution >= 0.6 is 23.4 Å². The molecule has 0 radical (unpaired) electrons. The van der Waals surface area contributed by atoms with Crippen molar-refractivity contribution in [2.24, 2.45) is 11.8 Å². The molecule has 1 saturated heterocycles. The molecule has 13 heavy (non-hydrogen) atoms. The van der Waals surface area contributed by atoms with Crippen molar-refractivity contribution in [3.05, 3.63) is 34.0 Å². The van der Waals surface area contributed by atoms with Gasteiger partial charge in [-0.2, -0.15) is 0 Å². The van der Waals surface area contributed by atoms with Crippen molar-refractivity contribution in [1.29, 1.82) is 0 Å². The Morgan fingerprint density at radius 2 is 2.31 bits per heavy atom. The van der Waals surface area contributed by atoms with Crippen molar-refractivity contribution < 1.29 is 0 Å². The Bertz CT molecular complexity index is 343. The highest BCUT2D eigenvalue weighted by atomic mass is 35.5. The zero-order valence-electron chi connectivity index (χ0n) is 7.09. The summed E-state index contributed by atoms with van der Waals surface area (Å²) in [6.07, 6.45) is 5.29. The Balaban J connectivity index is 1.97. The van der Waals surface area contributed by atoms with E-state index in [0.29, 0.717) is 5.92 Å². The second-order valence-electron chi connectivity index (χ2n) is 3.67. The van der Waals surface area contributed by atoms with Crippen LogP contribution in [0.5, 0.6) is 0 Å². The molecule has 0 amide bonds. The lowest BCUT2D eigenvalue weighted by atomic mass is 9.88. The molecule has 68 valence electrons. The van der Waals surface area contributed by atoms with Gasteiger partial charge >= 0.3 is 0 Å². The SMILES string of the molecule is ClC1=CCC2C(=C1)NC1=CSCC12. The summed E-state index contributed by atoms with van der Waals surface area (Å²) >= 11 is 7.88. The first-order valence-corrected chi connectivity index (χ1v) is 5.93. The third kappa shape index (κ3) is 1.16. The van der Waals surface area contributed by atoms with E-state index in [4.69, 9.17) is 11.6 Å². The Kier molecular flexibility index (Phi) is 1.74. The maximum absolute atomic E-state index is 5.96. The predicted molar refractivity (Wildman–Crippen MR) is 57.3 cm³/mol. The number of allylic oxidation sites excluding steroid dienone is 5. The Hall–Kier alpha value is -0.340. The fraction of sp³-hybridized carbons (Fsp3) is 0.400. The van der Waals surface area contributed by atoms with Crippen LogP contribution in [0.1, 0.15) is 6.42 Å². The van der Waals surface area contributed by atoms with Gasteiger partial charge in [0.05, 0.1) is 0 Å². The molecule has 0 aromatic rings. The number of rotatable bonds is 0. The van der Waals surface area contributed by atoms with Crippen molar-refractivity contribution in [3.8, 4) is 0 Å². The third-order valence-electron chi connectivity index (χ3n) is 2.92. The Morgan fingerprint density at radius 3 is 3.23 bits per heavy atom. The van der Waals surface area contributed by atoms with E-state index >= 15 is 0 Å². The molecular weight excluding hydrogens is 202 g/mol. The van der Waals surface area contributed by atoms with Gasteiger partial charge in [-0.1, -0.05) is 17.7 Å². The second-order valence-corrected chi connectivity index (χ2v) is 5.01.